The third-order valence-corrected chi connectivity index (χ3v) is 5.45. The molecule has 20 heavy (non-hydrogen) atoms. The van der Waals surface area contributed by atoms with Crippen LogP contribution in [0.1, 0.15) is 12.8 Å². The molecule has 8 heteroatoms. The van der Waals surface area contributed by atoms with Gasteiger partial charge in [-0.05, 0) is 31.0 Å². The van der Waals surface area contributed by atoms with Crippen LogP contribution in [0.4, 0.5) is 4.39 Å². The van der Waals surface area contributed by atoms with E-state index < -0.39 is 21.9 Å². The zero-order chi connectivity index (χ0) is 14.8. The molecule has 1 fully saturated rings. The lowest BCUT2D eigenvalue weighted by Crippen LogP contribution is -2.41. The van der Waals surface area contributed by atoms with Crippen molar-refractivity contribution in [1.82, 2.24) is 4.31 Å². The van der Waals surface area contributed by atoms with Gasteiger partial charge in [0.2, 0.25) is 16.1 Å². The Labute approximate surface area is 121 Å². The summed E-state index contributed by atoms with van der Waals surface area (Å²) in [7, 11) is -3.89. The van der Waals surface area contributed by atoms with Gasteiger partial charge in [-0.1, -0.05) is 11.6 Å². The number of halogens is 2. The summed E-state index contributed by atoms with van der Waals surface area (Å²) < 4.78 is 39.3. The Morgan fingerprint density at radius 1 is 1.45 bits per heavy atom. The first kappa shape index (κ1) is 15.1. The average Bonchev–Trinajstić information content (AvgIpc) is 2.42. The standard InChI is InChI=1S/C12H12ClFN2O3S/c13-11-4-3-9(14)6-12(11)20(18,19)16-5-1-2-10(7-16)15-8-17/h3-4,6,10H,1-2,5,7H2. The summed E-state index contributed by atoms with van der Waals surface area (Å²) >= 11 is 5.84. The summed E-state index contributed by atoms with van der Waals surface area (Å²) in [5.74, 6) is -0.674. The molecule has 108 valence electrons. The number of rotatable bonds is 3. The molecule has 0 aromatic heterocycles. The maximum absolute atomic E-state index is 13.2. The third kappa shape index (κ3) is 3.07. The topological polar surface area (TPSA) is 66.8 Å². The van der Waals surface area contributed by atoms with Gasteiger partial charge in [0.15, 0.2) is 0 Å². The molecule has 1 aromatic carbocycles. The molecule has 2 rings (SSSR count). The first-order chi connectivity index (χ1) is 9.45. The largest absolute Gasteiger partial charge is 0.244 e. The molecule has 5 nitrogen and oxygen atoms in total. The summed E-state index contributed by atoms with van der Waals surface area (Å²) in [6, 6.07) is 2.78. The van der Waals surface area contributed by atoms with Gasteiger partial charge in [0.1, 0.15) is 10.7 Å². The van der Waals surface area contributed by atoms with Gasteiger partial charge >= 0.3 is 0 Å². The van der Waals surface area contributed by atoms with E-state index in [1.54, 1.807) is 0 Å². The predicted molar refractivity (Wildman–Crippen MR) is 71.3 cm³/mol. The van der Waals surface area contributed by atoms with Crippen LogP contribution in [0.5, 0.6) is 0 Å². The molecule has 1 atom stereocenters. The Morgan fingerprint density at radius 2 is 2.20 bits per heavy atom. The van der Waals surface area contributed by atoms with Crippen molar-refractivity contribution in [2.24, 2.45) is 4.99 Å². The van der Waals surface area contributed by atoms with Crippen LogP contribution in [-0.4, -0.2) is 37.9 Å². The molecule has 0 amide bonds. The minimum atomic E-state index is -3.89. The normalized spacial score (nSPS) is 20.4. The minimum absolute atomic E-state index is 0.0348. The molecule has 0 spiro atoms. The number of isocyanates is 1. The predicted octanol–water partition coefficient (Wildman–Crippen LogP) is 1.97. The Kier molecular flexibility index (Phi) is 4.55. The highest BCUT2D eigenvalue weighted by Crippen LogP contribution is 2.27. The molecule has 1 saturated heterocycles. The van der Waals surface area contributed by atoms with E-state index in [1.807, 2.05) is 0 Å². The molecule has 1 aliphatic heterocycles. The number of hydrogen-bond acceptors (Lipinski definition) is 4. The fourth-order valence-electron chi connectivity index (χ4n) is 2.13. The van der Waals surface area contributed by atoms with Crippen molar-refractivity contribution in [2.75, 3.05) is 13.1 Å². The highest BCUT2D eigenvalue weighted by molar-refractivity contribution is 7.89. The van der Waals surface area contributed by atoms with Crippen LogP contribution in [0.3, 0.4) is 0 Å². The van der Waals surface area contributed by atoms with Crippen molar-refractivity contribution in [1.29, 1.82) is 0 Å². The second-order valence-corrected chi connectivity index (χ2v) is 6.77. The highest BCUT2D eigenvalue weighted by Gasteiger charge is 2.31. The first-order valence-corrected chi connectivity index (χ1v) is 7.79. The summed E-state index contributed by atoms with van der Waals surface area (Å²) in [6.45, 7) is 0.366. The van der Waals surface area contributed by atoms with Gasteiger partial charge in [-0.15, -0.1) is 0 Å². The zero-order valence-corrected chi connectivity index (χ0v) is 12.0. The van der Waals surface area contributed by atoms with Gasteiger partial charge in [-0.2, -0.15) is 4.31 Å². The van der Waals surface area contributed by atoms with Crippen molar-refractivity contribution in [3.05, 3.63) is 29.0 Å². The molecule has 0 bridgehead atoms. The van der Waals surface area contributed by atoms with Crippen molar-refractivity contribution in [3.63, 3.8) is 0 Å². The number of piperidine rings is 1. The molecule has 1 unspecified atom stereocenters. The van der Waals surface area contributed by atoms with E-state index in [-0.39, 0.29) is 16.5 Å². The number of hydrogen-bond donors (Lipinski definition) is 0. The van der Waals surface area contributed by atoms with Crippen molar-refractivity contribution < 1.29 is 17.6 Å². The number of sulfonamides is 1. The second-order valence-electron chi connectivity index (χ2n) is 4.45. The summed E-state index contributed by atoms with van der Waals surface area (Å²) in [6.07, 6.45) is 2.63. The Morgan fingerprint density at radius 3 is 2.90 bits per heavy atom. The van der Waals surface area contributed by atoms with Gasteiger partial charge in [-0.3, -0.25) is 0 Å². The number of aliphatic imine (C=N–C) groups is 1. The molecule has 0 saturated carbocycles. The number of benzene rings is 1. The lowest BCUT2D eigenvalue weighted by Gasteiger charge is -2.29. The van der Waals surface area contributed by atoms with E-state index in [2.05, 4.69) is 4.99 Å². The molecule has 0 N–H and O–H groups in total. The van der Waals surface area contributed by atoms with Gasteiger partial charge in [0.05, 0.1) is 11.1 Å². The van der Waals surface area contributed by atoms with E-state index in [9.17, 15) is 17.6 Å². The Hall–Kier alpha value is -1.27. The van der Waals surface area contributed by atoms with E-state index in [0.29, 0.717) is 19.4 Å². The molecular formula is C12H12ClFN2O3S. The number of carbonyl (C=O) groups excluding carboxylic acids is 1. The molecule has 0 aliphatic carbocycles. The lowest BCUT2D eigenvalue weighted by atomic mass is 10.1. The summed E-state index contributed by atoms with van der Waals surface area (Å²) in [4.78, 5) is 13.6. The Bertz CT molecular complexity index is 659. The number of nitrogens with zero attached hydrogens (tertiary/aromatic N) is 2. The quantitative estimate of drug-likeness (QED) is 0.632. The fraction of sp³-hybridized carbons (Fsp3) is 0.417. The lowest BCUT2D eigenvalue weighted by molar-refractivity contribution is 0.316. The molecule has 1 aliphatic rings. The van der Waals surface area contributed by atoms with Crippen LogP contribution in [0.25, 0.3) is 0 Å². The monoisotopic (exact) mass is 318 g/mol. The van der Waals surface area contributed by atoms with E-state index in [4.69, 9.17) is 11.6 Å². The van der Waals surface area contributed by atoms with Crippen LogP contribution in [0.2, 0.25) is 5.02 Å². The van der Waals surface area contributed by atoms with Crippen LogP contribution in [0, 0.1) is 5.82 Å². The van der Waals surface area contributed by atoms with Crippen molar-refractivity contribution >= 4 is 27.7 Å². The van der Waals surface area contributed by atoms with Gasteiger partial charge < -0.3 is 0 Å². The van der Waals surface area contributed by atoms with Crippen LogP contribution in [0.15, 0.2) is 28.1 Å². The third-order valence-electron chi connectivity index (χ3n) is 3.11. The summed E-state index contributed by atoms with van der Waals surface area (Å²) in [5, 5.41) is -0.0348. The van der Waals surface area contributed by atoms with Gasteiger partial charge in [-0.25, -0.2) is 22.6 Å². The summed E-state index contributed by atoms with van der Waals surface area (Å²) in [5.41, 5.74) is 0. The molecule has 1 aromatic rings. The molecule has 1 heterocycles. The maximum Gasteiger partial charge on any atom is 0.244 e. The second kappa shape index (κ2) is 6.01. The van der Waals surface area contributed by atoms with Gasteiger partial charge in [0.25, 0.3) is 0 Å². The maximum atomic E-state index is 13.2. The SMILES string of the molecule is O=C=NC1CCCN(S(=O)(=O)c2cc(F)ccc2Cl)C1. The van der Waals surface area contributed by atoms with Crippen molar-refractivity contribution in [3.8, 4) is 0 Å². The fourth-order valence-corrected chi connectivity index (χ4v) is 4.14. The minimum Gasteiger partial charge on any atom is -0.211 e. The highest BCUT2D eigenvalue weighted by atomic mass is 35.5. The van der Waals surface area contributed by atoms with E-state index >= 15 is 0 Å². The van der Waals surface area contributed by atoms with E-state index in [1.165, 1.54) is 16.5 Å². The Balaban J connectivity index is 2.34. The van der Waals surface area contributed by atoms with Gasteiger partial charge in [0, 0.05) is 13.1 Å². The molecular weight excluding hydrogens is 307 g/mol. The first-order valence-electron chi connectivity index (χ1n) is 5.97. The van der Waals surface area contributed by atoms with E-state index in [0.717, 1.165) is 12.1 Å². The van der Waals surface area contributed by atoms with Crippen LogP contribution < -0.4 is 0 Å². The van der Waals surface area contributed by atoms with Crippen molar-refractivity contribution in [2.45, 2.75) is 23.8 Å². The smallest absolute Gasteiger partial charge is 0.211 e. The average molecular weight is 319 g/mol. The van der Waals surface area contributed by atoms with Crippen LogP contribution >= 0.6 is 11.6 Å². The molecule has 0 radical (unpaired) electrons. The van der Waals surface area contributed by atoms with Crippen LogP contribution in [-0.2, 0) is 14.8 Å². The zero-order valence-electron chi connectivity index (χ0n) is 10.4.